The number of nitrogens with zero attached hydrogens (tertiary/aromatic N) is 2. The van der Waals surface area contributed by atoms with Gasteiger partial charge < -0.3 is 11.1 Å². The molecule has 0 spiro atoms. The van der Waals surface area contributed by atoms with Gasteiger partial charge in [-0.1, -0.05) is 30.3 Å². The molecule has 0 bridgehead atoms. The highest BCUT2D eigenvalue weighted by atomic mass is 16.2. The number of rotatable bonds is 5. The second-order valence-corrected chi connectivity index (χ2v) is 6.03. The average molecular weight is 348 g/mol. The van der Waals surface area contributed by atoms with E-state index in [1.807, 2.05) is 48.9 Å². The first kappa shape index (κ1) is 17.4. The van der Waals surface area contributed by atoms with Crippen molar-refractivity contribution in [2.45, 2.75) is 20.3 Å². The molecule has 0 atom stereocenters. The van der Waals surface area contributed by atoms with Crippen LogP contribution >= 0.6 is 0 Å². The molecule has 0 aliphatic heterocycles. The molecule has 6 heteroatoms. The van der Waals surface area contributed by atoms with Crippen molar-refractivity contribution >= 4 is 17.5 Å². The minimum Gasteiger partial charge on any atom is -0.366 e. The summed E-state index contributed by atoms with van der Waals surface area (Å²) in [5.41, 5.74) is 9.57. The standard InChI is InChI=1S/C20H20N4O2/c1-13-17(14(2)24(23-13)15-8-4-3-5-9-15)12-19(25)22-18-11-7-6-10-16(18)20(21)26/h3-11H,12H2,1-2H3,(H2,21,26)(H,22,25). The number of nitrogens with two attached hydrogens (primary N) is 1. The van der Waals surface area contributed by atoms with Crippen molar-refractivity contribution in [3.8, 4) is 5.69 Å². The normalized spacial score (nSPS) is 10.5. The van der Waals surface area contributed by atoms with Crippen LogP contribution < -0.4 is 11.1 Å². The minimum absolute atomic E-state index is 0.164. The Labute approximate surface area is 151 Å². The van der Waals surface area contributed by atoms with Crippen molar-refractivity contribution < 1.29 is 9.59 Å². The van der Waals surface area contributed by atoms with Crippen LogP contribution in [-0.2, 0) is 11.2 Å². The molecule has 6 nitrogen and oxygen atoms in total. The second-order valence-electron chi connectivity index (χ2n) is 6.03. The summed E-state index contributed by atoms with van der Waals surface area (Å²) in [6, 6.07) is 16.4. The number of carbonyl (C=O) groups excluding carboxylic acids is 2. The van der Waals surface area contributed by atoms with Crippen LogP contribution in [0.25, 0.3) is 5.69 Å². The molecule has 0 fully saturated rings. The lowest BCUT2D eigenvalue weighted by molar-refractivity contribution is -0.115. The lowest BCUT2D eigenvalue weighted by atomic mass is 10.1. The Kier molecular flexibility index (Phi) is 4.84. The third-order valence-corrected chi connectivity index (χ3v) is 4.25. The van der Waals surface area contributed by atoms with Crippen LogP contribution in [0.5, 0.6) is 0 Å². The van der Waals surface area contributed by atoms with E-state index in [1.54, 1.807) is 24.3 Å². The SMILES string of the molecule is Cc1nn(-c2ccccc2)c(C)c1CC(=O)Nc1ccccc1C(N)=O. The molecule has 0 aliphatic carbocycles. The van der Waals surface area contributed by atoms with Gasteiger partial charge in [0.2, 0.25) is 5.91 Å². The molecule has 3 N–H and O–H groups in total. The fourth-order valence-corrected chi connectivity index (χ4v) is 2.91. The topological polar surface area (TPSA) is 90.0 Å². The summed E-state index contributed by atoms with van der Waals surface area (Å²) in [5.74, 6) is -0.803. The van der Waals surface area contributed by atoms with Gasteiger partial charge in [-0.3, -0.25) is 9.59 Å². The van der Waals surface area contributed by atoms with E-state index in [0.29, 0.717) is 5.69 Å². The summed E-state index contributed by atoms with van der Waals surface area (Å²) < 4.78 is 1.83. The zero-order valence-corrected chi connectivity index (χ0v) is 14.7. The Morgan fingerprint density at radius 3 is 2.38 bits per heavy atom. The van der Waals surface area contributed by atoms with E-state index in [-0.39, 0.29) is 17.9 Å². The molecule has 0 unspecified atom stereocenters. The number of carbonyl (C=O) groups is 2. The largest absolute Gasteiger partial charge is 0.366 e. The monoisotopic (exact) mass is 348 g/mol. The Balaban J connectivity index is 1.83. The molecule has 132 valence electrons. The van der Waals surface area contributed by atoms with Crippen LogP contribution in [0.1, 0.15) is 27.3 Å². The highest BCUT2D eigenvalue weighted by Crippen LogP contribution is 2.20. The number of aryl methyl sites for hydroxylation is 1. The van der Waals surface area contributed by atoms with Crippen LogP contribution in [0.15, 0.2) is 54.6 Å². The number of nitrogens with one attached hydrogen (secondary N) is 1. The van der Waals surface area contributed by atoms with Gasteiger partial charge in [-0.2, -0.15) is 5.10 Å². The fourth-order valence-electron chi connectivity index (χ4n) is 2.91. The van der Waals surface area contributed by atoms with Crippen molar-refractivity contribution in [1.29, 1.82) is 0 Å². The highest BCUT2D eigenvalue weighted by Gasteiger charge is 2.17. The van der Waals surface area contributed by atoms with Gasteiger partial charge in [-0.25, -0.2) is 4.68 Å². The molecule has 3 aromatic rings. The van der Waals surface area contributed by atoms with Crippen LogP contribution in [0.2, 0.25) is 0 Å². The van der Waals surface area contributed by atoms with Gasteiger partial charge in [-0.05, 0) is 38.1 Å². The molecule has 0 saturated carbocycles. The smallest absolute Gasteiger partial charge is 0.250 e. The maximum absolute atomic E-state index is 12.5. The highest BCUT2D eigenvalue weighted by molar-refractivity contribution is 6.03. The van der Waals surface area contributed by atoms with E-state index in [4.69, 9.17) is 5.73 Å². The number of hydrogen-bond acceptors (Lipinski definition) is 3. The number of para-hydroxylation sites is 2. The van der Waals surface area contributed by atoms with Gasteiger partial charge in [0.1, 0.15) is 0 Å². The van der Waals surface area contributed by atoms with Crippen LogP contribution in [-0.4, -0.2) is 21.6 Å². The number of hydrogen-bond donors (Lipinski definition) is 2. The van der Waals surface area contributed by atoms with Crippen LogP contribution in [0.3, 0.4) is 0 Å². The molecule has 2 amide bonds. The van der Waals surface area contributed by atoms with Crippen LogP contribution in [0.4, 0.5) is 5.69 Å². The zero-order valence-electron chi connectivity index (χ0n) is 14.7. The number of benzene rings is 2. The summed E-state index contributed by atoms with van der Waals surface area (Å²) >= 11 is 0. The predicted octanol–water partition coefficient (Wildman–Crippen LogP) is 2.77. The van der Waals surface area contributed by atoms with Crippen molar-refractivity contribution in [3.05, 3.63) is 77.1 Å². The summed E-state index contributed by atoms with van der Waals surface area (Å²) in [4.78, 5) is 24.0. The first-order chi connectivity index (χ1) is 12.5. The second kappa shape index (κ2) is 7.23. The molecule has 1 aromatic heterocycles. The molecule has 3 rings (SSSR count). The van der Waals surface area contributed by atoms with E-state index in [0.717, 1.165) is 22.6 Å². The van der Waals surface area contributed by atoms with Gasteiger partial charge >= 0.3 is 0 Å². The van der Waals surface area contributed by atoms with Crippen LogP contribution in [0, 0.1) is 13.8 Å². The molecule has 2 aromatic carbocycles. The molecule has 0 saturated heterocycles. The number of aromatic nitrogens is 2. The summed E-state index contributed by atoms with van der Waals surface area (Å²) in [6.45, 7) is 3.82. The van der Waals surface area contributed by atoms with E-state index >= 15 is 0 Å². The number of primary amides is 1. The molecule has 1 heterocycles. The van der Waals surface area contributed by atoms with E-state index < -0.39 is 5.91 Å². The molecule has 26 heavy (non-hydrogen) atoms. The molecular weight excluding hydrogens is 328 g/mol. The minimum atomic E-state index is -0.579. The molecular formula is C20H20N4O2. The number of amides is 2. The predicted molar refractivity (Wildman–Crippen MR) is 100 cm³/mol. The quantitative estimate of drug-likeness (QED) is 0.743. The van der Waals surface area contributed by atoms with Gasteiger partial charge in [0, 0.05) is 11.3 Å². The summed E-state index contributed by atoms with van der Waals surface area (Å²) in [7, 11) is 0. The lowest BCUT2D eigenvalue weighted by Gasteiger charge is -2.09. The van der Waals surface area contributed by atoms with E-state index in [2.05, 4.69) is 10.4 Å². The maximum atomic E-state index is 12.5. The maximum Gasteiger partial charge on any atom is 0.250 e. The zero-order chi connectivity index (χ0) is 18.7. The average Bonchev–Trinajstić information content (AvgIpc) is 2.91. The number of anilines is 1. The first-order valence-corrected chi connectivity index (χ1v) is 8.26. The lowest BCUT2D eigenvalue weighted by Crippen LogP contribution is -2.19. The van der Waals surface area contributed by atoms with Gasteiger partial charge in [0.25, 0.3) is 5.91 Å². The van der Waals surface area contributed by atoms with Crippen molar-refractivity contribution in [1.82, 2.24) is 9.78 Å². The van der Waals surface area contributed by atoms with Gasteiger partial charge in [0.15, 0.2) is 0 Å². The molecule has 0 aliphatic rings. The van der Waals surface area contributed by atoms with Crippen molar-refractivity contribution in [3.63, 3.8) is 0 Å². The third-order valence-electron chi connectivity index (χ3n) is 4.25. The summed E-state index contributed by atoms with van der Waals surface area (Å²) in [6.07, 6.45) is 0.164. The first-order valence-electron chi connectivity index (χ1n) is 8.26. The van der Waals surface area contributed by atoms with Gasteiger partial charge in [0.05, 0.1) is 29.1 Å². The summed E-state index contributed by atoms with van der Waals surface area (Å²) in [5, 5.41) is 7.32. The van der Waals surface area contributed by atoms with Crippen molar-refractivity contribution in [2.75, 3.05) is 5.32 Å². The Morgan fingerprint density at radius 1 is 1.04 bits per heavy atom. The molecule has 0 radical (unpaired) electrons. The fraction of sp³-hybridized carbons (Fsp3) is 0.150. The van der Waals surface area contributed by atoms with E-state index in [9.17, 15) is 9.59 Å². The van der Waals surface area contributed by atoms with Crippen molar-refractivity contribution in [2.24, 2.45) is 5.73 Å². The Morgan fingerprint density at radius 2 is 1.69 bits per heavy atom. The van der Waals surface area contributed by atoms with E-state index in [1.165, 1.54) is 0 Å². The third kappa shape index (κ3) is 3.49. The van der Waals surface area contributed by atoms with Gasteiger partial charge in [-0.15, -0.1) is 0 Å². The Hall–Kier alpha value is -3.41. The Bertz CT molecular complexity index is 961.